The van der Waals surface area contributed by atoms with Crippen LogP contribution in [0.4, 0.5) is 0 Å². The molecule has 0 unspecified atom stereocenters. The highest BCUT2D eigenvalue weighted by atomic mass is 16.5. The number of nitrogens with one attached hydrogen (secondary N) is 1. The fraction of sp³-hybridized carbons (Fsp3) is 0.333. The molecule has 0 aliphatic carbocycles. The van der Waals surface area contributed by atoms with Gasteiger partial charge in [0.15, 0.2) is 6.10 Å². The van der Waals surface area contributed by atoms with E-state index in [1.54, 1.807) is 6.20 Å². The standard InChI is InChI=1S/C15H19N3O2/c1-12-16-8-10-18(12)11-9-17-15(19)14(20-2)13-6-4-3-5-7-13/h3-8,10,14H,9,11H2,1-2H3,(H,17,19)/t14-/m1/s1. The average Bonchev–Trinajstić information content (AvgIpc) is 2.86. The zero-order valence-electron chi connectivity index (χ0n) is 11.7. The molecule has 106 valence electrons. The first-order valence-electron chi connectivity index (χ1n) is 6.55. The van der Waals surface area contributed by atoms with Crippen molar-refractivity contribution < 1.29 is 9.53 Å². The van der Waals surface area contributed by atoms with Crippen LogP contribution in [0.1, 0.15) is 17.5 Å². The van der Waals surface area contributed by atoms with Crippen LogP contribution in [0.5, 0.6) is 0 Å². The normalized spacial score (nSPS) is 12.1. The monoisotopic (exact) mass is 273 g/mol. The van der Waals surface area contributed by atoms with Gasteiger partial charge in [0.05, 0.1) is 0 Å². The van der Waals surface area contributed by atoms with Crippen molar-refractivity contribution in [3.05, 3.63) is 54.1 Å². The van der Waals surface area contributed by atoms with E-state index in [0.717, 1.165) is 11.4 Å². The summed E-state index contributed by atoms with van der Waals surface area (Å²) in [6.07, 6.45) is 3.08. The molecule has 2 aromatic rings. The fourth-order valence-corrected chi connectivity index (χ4v) is 2.05. The van der Waals surface area contributed by atoms with Crippen LogP contribution < -0.4 is 5.32 Å². The Morgan fingerprint density at radius 3 is 2.75 bits per heavy atom. The summed E-state index contributed by atoms with van der Waals surface area (Å²) < 4.78 is 7.27. The molecular weight excluding hydrogens is 254 g/mol. The molecule has 0 spiro atoms. The molecule has 0 aliphatic heterocycles. The van der Waals surface area contributed by atoms with Gasteiger partial charge in [0.1, 0.15) is 5.82 Å². The first kappa shape index (κ1) is 14.3. The van der Waals surface area contributed by atoms with Crippen molar-refractivity contribution in [2.75, 3.05) is 13.7 Å². The Hall–Kier alpha value is -2.14. The van der Waals surface area contributed by atoms with E-state index in [1.807, 2.05) is 48.0 Å². The molecule has 0 radical (unpaired) electrons. The van der Waals surface area contributed by atoms with Crippen LogP contribution in [0.3, 0.4) is 0 Å². The fourth-order valence-electron chi connectivity index (χ4n) is 2.05. The van der Waals surface area contributed by atoms with Crippen molar-refractivity contribution in [2.45, 2.75) is 19.6 Å². The quantitative estimate of drug-likeness (QED) is 0.871. The molecule has 1 atom stereocenters. The molecule has 0 bridgehead atoms. The van der Waals surface area contributed by atoms with Gasteiger partial charge >= 0.3 is 0 Å². The van der Waals surface area contributed by atoms with Crippen molar-refractivity contribution in [2.24, 2.45) is 0 Å². The Kier molecular flexibility index (Phi) is 4.90. The number of ether oxygens (including phenoxy) is 1. The van der Waals surface area contributed by atoms with Crippen LogP contribution >= 0.6 is 0 Å². The predicted octanol–water partition coefficient (Wildman–Crippen LogP) is 1.70. The van der Waals surface area contributed by atoms with Gasteiger partial charge in [-0.25, -0.2) is 4.98 Å². The van der Waals surface area contributed by atoms with Gasteiger partial charge in [-0.1, -0.05) is 30.3 Å². The Morgan fingerprint density at radius 1 is 1.40 bits per heavy atom. The number of aromatic nitrogens is 2. The largest absolute Gasteiger partial charge is 0.367 e. The van der Waals surface area contributed by atoms with Gasteiger partial charge in [-0.05, 0) is 12.5 Å². The molecule has 1 N–H and O–H groups in total. The Labute approximate surface area is 118 Å². The molecule has 5 nitrogen and oxygen atoms in total. The van der Waals surface area contributed by atoms with E-state index in [-0.39, 0.29) is 5.91 Å². The lowest BCUT2D eigenvalue weighted by Crippen LogP contribution is -2.32. The smallest absolute Gasteiger partial charge is 0.253 e. The second-order valence-corrected chi connectivity index (χ2v) is 4.49. The minimum atomic E-state index is -0.569. The first-order chi connectivity index (χ1) is 9.72. The molecule has 20 heavy (non-hydrogen) atoms. The maximum atomic E-state index is 12.1. The van der Waals surface area contributed by atoms with E-state index in [2.05, 4.69) is 10.3 Å². The van der Waals surface area contributed by atoms with E-state index in [0.29, 0.717) is 13.1 Å². The number of amides is 1. The second kappa shape index (κ2) is 6.86. The zero-order chi connectivity index (χ0) is 14.4. The van der Waals surface area contributed by atoms with E-state index in [9.17, 15) is 4.79 Å². The predicted molar refractivity (Wildman–Crippen MR) is 76.2 cm³/mol. The Morgan fingerprint density at radius 2 is 2.15 bits per heavy atom. The van der Waals surface area contributed by atoms with Crippen molar-refractivity contribution >= 4 is 5.91 Å². The summed E-state index contributed by atoms with van der Waals surface area (Å²) in [5.74, 6) is 0.807. The molecule has 2 rings (SSSR count). The van der Waals surface area contributed by atoms with Gasteiger partial charge in [0.25, 0.3) is 5.91 Å². The van der Waals surface area contributed by atoms with Crippen LogP contribution in [0.15, 0.2) is 42.7 Å². The summed E-state index contributed by atoms with van der Waals surface area (Å²) in [6.45, 7) is 3.18. The van der Waals surface area contributed by atoms with Gasteiger partial charge in [0.2, 0.25) is 0 Å². The number of benzene rings is 1. The summed E-state index contributed by atoms with van der Waals surface area (Å²) in [7, 11) is 1.54. The third-order valence-corrected chi connectivity index (χ3v) is 3.15. The number of hydrogen-bond acceptors (Lipinski definition) is 3. The molecule has 0 fully saturated rings. The highest BCUT2D eigenvalue weighted by Gasteiger charge is 2.18. The van der Waals surface area contributed by atoms with E-state index < -0.39 is 6.10 Å². The molecule has 0 aliphatic rings. The number of imidazole rings is 1. The topological polar surface area (TPSA) is 56.1 Å². The van der Waals surface area contributed by atoms with Crippen LogP contribution in [0.2, 0.25) is 0 Å². The minimum absolute atomic E-state index is 0.128. The number of aryl methyl sites for hydroxylation is 1. The highest BCUT2D eigenvalue weighted by Crippen LogP contribution is 2.15. The summed E-state index contributed by atoms with van der Waals surface area (Å²) in [4.78, 5) is 16.3. The third-order valence-electron chi connectivity index (χ3n) is 3.15. The van der Waals surface area contributed by atoms with Gasteiger partial charge in [-0.3, -0.25) is 4.79 Å². The number of nitrogens with zero attached hydrogens (tertiary/aromatic N) is 2. The molecule has 0 saturated carbocycles. The summed E-state index contributed by atoms with van der Waals surface area (Å²) in [6, 6.07) is 9.46. The first-order valence-corrected chi connectivity index (χ1v) is 6.55. The lowest BCUT2D eigenvalue weighted by atomic mass is 10.1. The number of methoxy groups -OCH3 is 1. The highest BCUT2D eigenvalue weighted by molar-refractivity contribution is 5.82. The molecule has 1 aromatic carbocycles. The number of carbonyl (C=O) groups is 1. The van der Waals surface area contributed by atoms with Gasteiger partial charge in [-0.2, -0.15) is 0 Å². The average molecular weight is 273 g/mol. The van der Waals surface area contributed by atoms with Gasteiger partial charge < -0.3 is 14.6 Å². The number of rotatable bonds is 6. The number of carbonyl (C=O) groups excluding carboxylic acids is 1. The van der Waals surface area contributed by atoms with E-state index >= 15 is 0 Å². The maximum Gasteiger partial charge on any atom is 0.253 e. The summed E-state index contributed by atoms with van der Waals surface area (Å²) in [5, 5.41) is 2.89. The molecular formula is C15H19N3O2. The Balaban J connectivity index is 1.89. The molecule has 0 saturated heterocycles. The number of hydrogen-bond donors (Lipinski definition) is 1. The minimum Gasteiger partial charge on any atom is -0.367 e. The lowest BCUT2D eigenvalue weighted by Gasteiger charge is -2.16. The van der Waals surface area contributed by atoms with Crippen LogP contribution in [-0.4, -0.2) is 29.1 Å². The third kappa shape index (κ3) is 3.45. The van der Waals surface area contributed by atoms with E-state index in [1.165, 1.54) is 7.11 Å². The molecule has 1 aromatic heterocycles. The van der Waals surface area contributed by atoms with Crippen molar-refractivity contribution in [1.82, 2.24) is 14.9 Å². The van der Waals surface area contributed by atoms with Crippen LogP contribution in [0.25, 0.3) is 0 Å². The molecule has 5 heteroatoms. The van der Waals surface area contributed by atoms with Crippen molar-refractivity contribution in [1.29, 1.82) is 0 Å². The van der Waals surface area contributed by atoms with E-state index in [4.69, 9.17) is 4.74 Å². The summed E-state index contributed by atoms with van der Waals surface area (Å²) >= 11 is 0. The van der Waals surface area contributed by atoms with Crippen LogP contribution in [-0.2, 0) is 16.1 Å². The molecule has 1 amide bonds. The maximum absolute atomic E-state index is 12.1. The molecule has 1 heterocycles. The Bertz CT molecular complexity index is 551. The second-order valence-electron chi connectivity index (χ2n) is 4.49. The lowest BCUT2D eigenvalue weighted by molar-refractivity contribution is -0.131. The SMILES string of the molecule is CO[C@@H](C(=O)NCCn1ccnc1C)c1ccccc1. The zero-order valence-corrected chi connectivity index (χ0v) is 11.7. The van der Waals surface area contributed by atoms with Crippen LogP contribution in [0, 0.1) is 6.92 Å². The van der Waals surface area contributed by atoms with Gasteiger partial charge in [0, 0.05) is 32.6 Å². The van der Waals surface area contributed by atoms with Crippen molar-refractivity contribution in [3.8, 4) is 0 Å². The summed E-state index contributed by atoms with van der Waals surface area (Å²) in [5.41, 5.74) is 0.853. The van der Waals surface area contributed by atoms with Gasteiger partial charge in [-0.15, -0.1) is 0 Å². The van der Waals surface area contributed by atoms with Crippen molar-refractivity contribution in [3.63, 3.8) is 0 Å².